The first-order valence-electron chi connectivity index (χ1n) is 5.97. The van der Waals surface area contributed by atoms with Gasteiger partial charge < -0.3 is 19.7 Å². The van der Waals surface area contributed by atoms with E-state index in [1.807, 2.05) is 24.3 Å². The van der Waals surface area contributed by atoms with Gasteiger partial charge >= 0.3 is 0 Å². The van der Waals surface area contributed by atoms with Crippen molar-refractivity contribution in [1.82, 2.24) is 5.32 Å². The highest BCUT2D eigenvalue weighted by Gasteiger charge is 2.29. The minimum atomic E-state index is -0.471. The Hall–Kier alpha value is -1.75. The SMILES string of the molecule is CNC(=O)C1CN(CCOC)c2ccccc2O1. The predicted molar refractivity (Wildman–Crippen MR) is 69.0 cm³/mol. The van der Waals surface area contributed by atoms with Gasteiger partial charge in [0.25, 0.3) is 5.91 Å². The van der Waals surface area contributed by atoms with E-state index in [9.17, 15) is 4.79 Å². The normalized spacial score (nSPS) is 17.9. The number of methoxy groups -OCH3 is 1. The number of likely N-dealkylation sites (N-methyl/N-ethyl adjacent to an activating group) is 1. The summed E-state index contributed by atoms with van der Waals surface area (Å²) in [6.45, 7) is 1.90. The zero-order valence-electron chi connectivity index (χ0n) is 10.7. The maximum Gasteiger partial charge on any atom is 0.262 e. The Bertz CT molecular complexity index is 422. The molecule has 5 nitrogen and oxygen atoms in total. The molecule has 0 aliphatic carbocycles. The average molecular weight is 250 g/mol. The summed E-state index contributed by atoms with van der Waals surface area (Å²) in [5.41, 5.74) is 1.01. The first-order chi connectivity index (χ1) is 8.76. The minimum absolute atomic E-state index is 0.105. The van der Waals surface area contributed by atoms with Crippen LogP contribution in [-0.2, 0) is 9.53 Å². The van der Waals surface area contributed by atoms with Gasteiger partial charge in [-0.15, -0.1) is 0 Å². The molecule has 0 radical (unpaired) electrons. The van der Waals surface area contributed by atoms with Crippen LogP contribution in [0.4, 0.5) is 5.69 Å². The van der Waals surface area contributed by atoms with Crippen molar-refractivity contribution in [3.63, 3.8) is 0 Å². The highest BCUT2D eigenvalue weighted by molar-refractivity contribution is 5.83. The molecule has 1 unspecified atom stereocenters. The first-order valence-corrected chi connectivity index (χ1v) is 5.97. The van der Waals surface area contributed by atoms with E-state index in [4.69, 9.17) is 9.47 Å². The number of carbonyl (C=O) groups is 1. The number of benzene rings is 1. The van der Waals surface area contributed by atoms with E-state index in [0.717, 1.165) is 18.0 Å². The Morgan fingerprint density at radius 1 is 1.56 bits per heavy atom. The molecule has 1 aliphatic heterocycles. The van der Waals surface area contributed by atoms with Crippen molar-refractivity contribution >= 4 is 11.6 Å². The van der Waals surface area contributed by atoms with Crippen LogP contribution in [0.25, 0.3) is 0 Å². The standard InChI is InChI=1S/C13H18N2O3/c1-14-13(16)12-9-15(7-8-17-2)10-5-3-4-6-11(10)18-12/h3-6,12H,7-9H2,1-2H3,(H,14,16). The van der Waals surface area contributed by atoms with Gasteiger partial charge in [0.1, 0.15) is 5.75 Å². The second-order valence-electron chi connectivity index (χ2n) is 4.13. The van der Waals surface area contributed by atoms with Gasteiger partial charge in [0, 0.05) is 20.7 Å². The molecule has 5 heteroatoms. The van der Waals surface area contributed by atoms with Gasteiger partial charge in [-0.2, -0.15) is 0 Å². The molecule has 2 rings (SSSR count). The Kier molecular flexibility index (Phi) is 4.04. The number of rotatable bonds is 4. The number of hydrogen-bond donors (Lipinski definition) is 1. The molecule has 1 heterocycles. The molecular weight excluding hydrogens is 232 g/mol. The first kappa shape index (κ1) is 12.7. The van der Waals surface area contributed by atoms with Crippen LogP contribution < -0.4 is 15.0 Å². The quantitative estimate of drug-likeness (QED) is 0.852. The van der Waals surface area contributed by atoms with Crippen LogP contribution in [0, 0.1) is 0 Å². The Morgan fingerprint density at radius 2 is 2.33 bits per heavy atom. The number of nitrogens with one attached hydrogen (secondary N) is 1. The Balaban J connectivity index is 2.20. The molecule has 1 aromatic rings. The Morgan fingerprint density at radius 3 is 3.06 bits per heavy atom. The van der Waals surface area contributed by atoms with Gasteiger partial charge in [-0.05, 0) is 12.1 Å². The van der Waals surface area contributed by atoms with Crippen molar-refractivity contribution in [3.05, 3.63) is 24.3 Å². The van der Waals surface area contributed by atoms with Crippen LogP contribution in [0.3, 0.4) is 0 Å². The van der Waals surface area contributed by atoms with Gasteiger partial charge in [-0.1, -0.05) is 12.1 Å². The number of fused-ring (bicyclic) bond motifs is 1. The van der Waals surface area contributed by atoms with Gasteiger partial charge in [0.15, 0.2) is 6.10 Å². The van der Waals surface area contributed by atoms with Gasteiger partial charge in [0.05, 0.1) is 18.8 Å². The lowest BCUT2D eigenvalue weighted by Crippen LogP contribution is -2.48. The molecule has 0 fully saturated rings. The number of nitrogens with zero attached hydrogens (tertiary/aromatic N) is 1. The van der Waals surface area contributed by atoms with E-state index in [-0.39, 0.29) is 5.91 Å². The summed E-state index contributed by atoms with van der Waals surface area (Å²) < 4.78 is 10.8. The molecule has 0 saturated heterocycles. The summed E-state index contributed by atoms with van der Waals surface area (Å²) in [5.74, 6) is 0.639. The van der Waals surface area contributed by atoms with E-state index in [0.29, 0.717) is 13.2 Å². The fraction of sp³-hybridized carbons (Fsp3) is 0.462. The summed E-state index contributed by atoms with van der Waals surface area (Å²) in [7, 11) is 3.29. The summed E-state index contributed by atoms with van der Waals surface area (Å²) in [5, 5.41) is 2.62. The van der Waals surface area contributed by atoms with Gasteiger partial charge in [0.2, 0.25) is 0 Å². The van der Waals surface area contributed by atoms with Crippen LogP contribution in [0.15, 0.2) is 24.3 Å². The van der Waals surface area contributed by atoms with Crippen LogP contribution in [0.1, 0.15) is 0 Å². The molecule has 1 amide bonds. The van der Waals surface area contributed by atoms with Crippen LogP contribution in [0.2, 0.25) is 0 Å². The summed E-state index contributed by atoms with van der Waals surface area (Å²) in [6.07, 6.45) is -0.471. The molecule has 18 heavy (non-hydrogen) atoms. The number of ether oxygens (including phenoxy) is 2. The topological polar surface area (TPSA) is 50.8 Å². The third-order valence-corrected chi connectivity index (χ3v) is 2.97. The fourth-order valence-corrected chi connectivity index (χ4v) is 2.02. The maximum atomic E-state index is 11.7. The summed E-state index contributed by atoms with van der Waals surface area (Å²) in [6, 6.07) is 7.73. The zero-order valence-corrected chi connectivity index (χ0v) is 10.7. The van der Waals surface area contributed by atoms with Crippen molar-refractivity contribution < 1.29 is 14.3 Å². The van der Waals surface area contributed by atoms with E-state index in [2.05, 4.69) is 10.2 Å². The zero-order chi connectivity index (χ0) is 13.0. The van der Waals surface area contributed by atoms with Crippen LogP contribution in [0.5, 0.6) is 5.75 Å². The number of hydrogen-bond acceptors (Lipinski definition) is 4. The van der Waals surface area contributed by atoms with Crippen molar-refractivity contribution in [1.29, 1.82) is 0 Å². The number of carbonyl (C=O) groups excluding carboxylic acids is 1. The molecule has 1 aliphatic rings. The largest absolute Gasteiger partial charge is 0.477 e. The Labute approximate surface area is 107 Å². The highest BCUT2D eigenvalue weighted by Crippen LogP contribution is 2.32. The monoisotopic (exact) mass is 250 g/mol. The lowest BCUT2D eigenvalue weighted by molar-refractivity contribution is -0.127. The van der Waals surface area contributed by atoms with Gasteiger partial charge in [-0.3, -0.25) is 4.79 Å². The molecule has 0 aromatic heterocycles. The van der Waals surface area contributed by atoms with Crippen LogP contribution >= 0.6 is 0 Å². The average Bonchev–Trinajstić information content (AvgIpc) is 2.43. The second-order valence-corrected chi connectivity index (χ2v) is 4.13. The summed E-state index contributed by atoms with van der Waals surface area (Å²) in [4.78, 5) is 13.8. The molecule has 0 bridgehead atoms. The van der Waals surface area contributed by atoms with Crippen molar-refractivity contribution in [2.75, 3.05) is 38.8 Å². The van der Waals surface area contributed by atoms with Crippen molar-refractivity contribution in [2.45, 2.75) is 6.10 Å². The minimum Gasteiger partial charge on any atom is -0.477 e. The number of para-hydroxylation sites is 2. The molecule has 1 N–H and O–H groups in total. The van der Waals surface area contributed by atoms with E-state index < -0.39 is 6.10 Å². The third kappa shape index (κ3) is 2.56. The summed E-state index contributed by atoms with van der Waals surface area (Å²) >= 11 is 0. The van der Waals surface area contributed by atoms with Crippen molar-refractivity contribution in [3.8, 4) is 5.75 Å². The molecule has 0 spiro atoms. The molecule has 1 atom stereocenters. The fourth-order valence-electron chi connectivity index (χ4n) is 2.02. The number of anilines is 1. The molecule has 98 valence electrons. The van der Waals surface area contributed by atoms with Crippen molar-refractivity contribution in [2.24, 2.45) is 0 Å². The van der Waals surface area contributed by atoms with E-state index in [1.54, 1.807) is 14.2 Å². The molecule has 0 saturated carbocycles. The van der Waals surface area contributed by atoms with E-state index >= 15 is 0 Å². The number of amides is 1. The third-order valence-electron chi connectivity index (χ3n) is 2.97. The maximum absolute atomic E-state index is 11.7. The second kappa shape index (κ2) is 5.73. The lowest BCUT2D eigenvalue weighted by atomic mass is 10.2. The lowest BCUT2D eigenvalue weighted by Gasteiger charge is -2.35. The molecule has 1 aromatic carbocycles. The smallest absolute Gasteiger partial charge is 0.262 e. The molecular formula is C13H18N2O3. The highest BCUT2D eigenvalue weighted by atomic mass is 16.5. The van der Waals surface area contributed by atoms with Crippen LogP contribution in [-0.4, -0.2) is 45.9 Å². The van der Waals surface area contributed by atoms with E-state index in [1.165, 1.54) is 0 Å². The van der Waals surface area contributed by atoms with Gasteiger partial charge in [-0.25, -0.2) is 0 Å². The predicted octanol–water partition coefficient (Wildman–Crippen LogP) is 0.646.